The molecule has 5 rings (SSSR count). The van der Waals surface area contributed by atoms with Crippen LogP contribution in [0.25, 0.3) is 0 Å². The van der Waals surface area contributed by atoms with Crippen LogP contribution in [0, 0.1) is 0 Å². The number of rotatable bonds is 5. The second kappa shape index (κ2) is 9.83. The highest BCUT2D eigenvalue weighted by atomic mass is 35.5. The lowest BCUT2D eigenvalue weighted by Gasteiger charge is -2.33. The molecule has 0 atom stereocenters. The van der Waals surface area contributed by atoms with Gasteiger partial charge in [0.2, 0.25) is 11.8 Å². The summed E-state index contributed by atoms with van der Waals surface area (Å²) in [5.74, 6) is 0.0760. The lowest BCUT2D eigenvalue weighted by atomic mass is 10.0. The summed E-state index contributed by atoms with van der Waals surface area (Å²) < 4.78 is 5.88. The Morgan fingerprint density at radius 2 is 1.88 bits per heavy atom. The Bertz CT molecular complexity index is 1200. The molecule has 0 aliphatic carbocycles. The molecular formula is C26H25ClN4O3. The van der Waals surface area contributed by atoms with Gasteiger partial charge in [-0.2, -0.15) is 0 Å². The minimum atomic E-state index is -0.350. The molecule has 0 bridgehead atoms. The van der Waals surface area contributed by atoms with Crippen molar-refractivity contribution in [2.75, 3.05) is 24.5 Å². The molecule has 8 heteroatoms. The molecule has 1 saturated heterocycles. The SMILES string of the molecule is O=C(CN1C(=O)c2cccnc2Oc2ccc(Cl)cc21)NC1CCN(Cc2ccccc2)CC1. The molecule has 1 aromatic heterocycles. The van der Waals surface area contributed by atoms with Gasteiger partial charge in [-0.1, -0.05) is 41.9 Å². The van der Waals surface area contributed by atoms with E-state index < -0.39 is 0 Å². The molecule has 3 aromatic rings. The van der Waals surface area contributed by atoms with Crippen molar-refractivity contribution < 1.29 is 14.3 Å². The summed E-state index contributed by atoms with van der Waals surface area (Å²) in [5.41, 5.74) is 2.04. The van der Waals surface area contributed by atoms with Crippen molar-refractivity contribution in [3.05, 3.63) is 83.0 Å². The zero-order valence-electron chi connectivity index (χ0n) is 18.6. The van der Waals surface area contributed by atoms with Gasteiger partial charge in [0.15, 0.2) is 5.75 Å². The first-order valence-electron chi connectivity index (χ1n) is 11.4. The van der Waals surface area contributed by atoms with Gasteiger partial charge in [-0.05, 0) is 48.7 Å². The third-order valence-corrected chi connectivity index (χ3v) is 6.40. The second-order valence-electron chi connectivity index (χ2n) is 8.57. The second-order valence-corrected chi connectivity index (χ2v) is 9.00. The van der Waals surface area contributed by atoms with E-state index in [2.05, 4.69) is 39.5 Å². The number of likely N-dealkylation sites (tertiary alicyclic amines) is 1. The van der Waals surface area contributed by atoms with Crippen molar-refractivity contribution in [3.8, 4) is 11.6 Å². The van der Waals surface area contributed by atoms with Crippen molar-refractivity contribution >= 4 is 29.1 Å². The average molecular weight is 477 g/mol. The minimum absolute atomic E-state index is 0.0747. The van der Waals surface area contributed by atoms with Crippen LogP contribution in [0.5, 0.6) is 11.6 Å². The molecule has 0 spiro atoms. The number of hydrogen-bond donors (Lipinski definition) is 1. The van der Waals surface area contributed by atoms with E-state index in [4.69, 9.17) is 16.3 Å². The van der Waals surface area contributed by atoms with E-state index >= 15 is 0 Å². The average Bonchev–Trinajstić information content (AvgIpc) is 2.96. The third-order valence-electron chi connectivity index (χ3n) is 6.17. The summed E-state index contributed by atoms with van der Waals surface area (Å²) in [5, 5.41) is 3.56. The summed E-state index contributed by atoms with van der Waals surface area (Å²) in [4.78, 5) is 34.3. The number of nitrogens with zero attached hydrogens (tertiary/aromatic N) is 3. The fourth-order valence-electron chi connectivity index (χ4n) is 4.43. The Morgan fingerprint density at radius 1 is 1.09 bits per heavy atom. The lowest BCUT2D eigenvalue weighted by molar-refractivity contribution is -0.120. The molecular weight excluding hydrogens is 452 g/mol. The summed E-state index contributed by atoms with van der Waals surface area (Å²) in [7, 11) is 0. The van der Waals surface area contributed by atoms with E-state index in [1.165, 1.54) is 10.5 Å². The quantitative estimate of drug-likeness (QED) is 0.595. The van der Waals surface area contributed by atoms with E-state index in [0.29, 0.717) is 22.0 Å². The Kier molecular flexibility index (Phi) is 6.47. The molecule has 7 nitrogen and oxygen atoms in total. The predicted octanol–water partition coefficient (Wildman–Crippen LogP) is 4.27. The van der Waals surface area contributed by atoms with E-state index in [-0.39, 0.29) is 30.3 Å². The molecule has 34 heavy (non-hydrogen) atoms. The number of carbonyl (C=O) groups is 2. The van der Waals surface area contributed by atoms with Gasteiger partial charge in [0.1, 0.15) is 12.1 Å². The number of ether oxygens (including phenoxy) is 1. The summed E-state index contributed by atoms with van der Waals surface area (Å²) >= 11 is 6.20. The smallest absolute Gasteiger partial charge is 0.264 e. The zero-order valence-corrected chi connectivity index (χ0v) is 19.4. The number of halogens is 1. The Morgan fingerprint density at radius 3 is 2.68 bits per heavy atom. The maximum absolute atomic E-state index is 13.3. The number of fused-ring (bicyclic) bond motifs is 2. The summed E-state index contributed by atoms with van der Waals surface area (Å²) in [6, 6.07) is 18.8. The molecule has 2 aromatic carbocycles. The van der Waals surface area contributed by atoms with Crippen molar-refractivity contribution in [2.45, 2.75) is 25.4 Å². The van der Waals surface area contributed by atoms with Gasteiger partial charge in [0.25, 0.3) is 5.91 Å². The van der Waals surface area contributed by atoms with Gasteiger partial charge in [-0.3, -0.25) is 19.4 Å². The first-order valence-corrected chi connectivity index (χ1v) is 11.7. The van der Waals surface area contributed by atoms with Crippen LogP contribution in [-0.4, -0.2) is 47.4 Å². The Labute approximate surface area is 203 Å². The number of benzene rings is 2. The largest absolute Gasteiger partial charge is 0.436 e. The first kappa shape index (κ1) is 22.4. The molecule has 174 valence electrons. The number of carbonyl (C=O) groups excluding carboxylic acids is 2. The molecule has 0 unspecified atom stereocenters. The topological polar surface area (TPSA) is 74.8 Å². The highest BCUT2D eigenvalue weighted by Crippen LogP contribution is 2.39. The normalized spacial score (nSPS) is 16.3. The maximum atomic E-state index is 13.3. The number of piperidine rings is 1. The number of anilines is 1. The molecule has 2 aliphatic heterocycles. The van der Waals surface area contributed by atoms with Crippen LogP contribution >= 0.6 is 11.6 Å². The number of amides is 2. The maximum Gasteiger partial charge on any atom is 0.264 e. The van der Waals surface area contributed by atoms with Gasteiger partial charge in [0, 0.05) is 36.9 Å². The van der Waals surface area contributed by atoms with Crippen LogP contribution < -0.4 is 15.0 Å². The summed E-state index contributed by atoms with van der Waals surface area (Å²) in [6.07, 6.45) is 3.30. The lowest BCUT2D eigenvalue weighted by Crippen LogP contribution is -2.48. The van der Waals surface area contributed by atoms with Gasteiger partial charge >= 0.3 is 0 Å². The number of nitrogens with one attached hydrogen (secondary N) is 1. The van der Waals surface area contributed by atoms with Crippen molar-refractivity contribution in [2.24, 2.45) is 0 Å². The van der Waals surface area contributed by atoms with Gasteiger partial charge in [-0.15, -0.1) is 0 Å². The van der Waals surface area contributed by atoms with Crippen molar-refractivity contribution in [1.29, 1.82) is 0 Å². The predicted molar refractivity (Wildman–Crippen MR) is 130 cm³/mol. The molecule has 2 aliphatic rings. The fraction of sp³-hybridized carbons (Fsp3) is 0.269. The van der Waals surface area contributed by atoms with E-state index in [1.54, 1.807) is 36.5 Å². The highest BCUT2D eigenvalue weighted by molar-refractivity contribution is 6.31. The molecule has 1 fully saturated rings. The third kappa shape index (κ3) is 4.90. The Balaban J connectivity index is 1.25. The first-order chi connectivity index (χ1) is 16.6. The molecule has 0 radical (unpaired) electrons. The molecule has 3 heterocycles. The fourth-order valence-corrected chi connectivity index (χ4v) is 4.60. The zero-order chi connectivity index (χ0) is 23.5. The van der Waals surface area contributed by atoms with E-state index in [9.17, 15) is 9.59 Å². The molecule has 1 N–H and O–H groups in total. The Hall–Kier alpha value is -3.42. The standard InChI is InChI=1S/C26H25ClN4O3/c27-19-8-9-23-22(15-19)31(26(33)21-7-4-12-28-25(21)34-23)17-24(32)29-20-10-13-30(14-11-20)16-18-5-2-1-3-6-18/h1-9,12,15,20H,10-11,13-14,16-17H2,(H,29,32). The highest BCUT2D eigenvalue weighted by Gasteiger charge is 2.31. The minimum Gasteiger partial charge on any atom is -0.436 e. The van der Waals surface area contributed by atoms with Gasteiger partial charge in [0.05, 0.1) is 5.69 Å². The molecule has 0 saturated carbocycles. The number of pyridine rings is 1. The van der Waals surface area contributed by atoms with Crippen LogP contribution in [0.4, 0.5) is 5.69 Å². The monoisotopic (exact) mass is 476 g/mol. The van der Waals surface area contributed by atoms with Crippen molar-refractivity contribution in [1.82, 2.24) is 15.2 Å². The van der Waals surface area contributed by atoms with Gasteiger partial charge in [-0.25, -0.2) is 4.98 Å². The number of hydrogen-bond acceptors (Lipinski definition) is 5. The number of aromatic nitrogens is 1. The summed E-state index contributed by atoms with van der Waals surface area (Å²) in [6.45, 7) is 2.60. The van der Waals surface area contributed by atoms with Crippen LogP contribution in [0.1, 0.15) is 28.8 Å². The van der Waals surface area contributed by atoms with E-state index in [1.807, 2.05) is 6.07 Å². The van der Waals surface area contributed by atoms with Crippen LogP contribution in [0.2, 0.25) is 5.02 Å². The van der Waals surface area contributed by atoms with Crippen LogP contribution in [-0.2, 0) is 11.3 Å². The van der Waals surface area contributed by atoms with Crippen LogP contribution in [0.15, 0.2) is 66.9 Å². The van der Waals surface area contributed by atoms with E-state index in [0.717, 1.165) is 32.5 Å². The molecule has 2 amide bonds. The van der Waals surface area contributed by atoms with Gasteiger partial charge < -0.3 is 10.1 Å². The van der Waals surface area contributed by atoms with Crippen LogP contribution in [0.3, 0.4) is 0 Å². The van der Waals surface area contributed by atoms with Crippen molar-refractivity contribution in [3.63, 3.8) is 0 Å².